The first kappa shape index (κ1) is 18.3. The van der Waals surface area contributed by atoms with Crippen molar-refractivity contribution in [2.75, 3.05) is 26.2 Å². The molecule has 24 heavy (non-hydrogen) atoms. The Labute approximate surface area is 138 Å². The molecule has 0 saturated carbocycles. The fraction of sp³-hybridized carbons (Fsp3) is 0.500. The number of rotatable bonds is 4. The van der Waals surface area contributed by atoms with Crippen LogP contribution in [0.15, 0.2) is 24.3 Å². The minimum absolute atomic E-state index is 0.113. The van der Waals surface area contributed by atoms with E-state index in [0.717, 1.165) is 6.07 Å². The molecule has 1 unspecified atom stereocenters. The van der Waals surface area contributed by atoms with Crippen LogP contribution < -0.4 is 11.1 Å². The summed E-state index contributed by atoms with van der Waals surface area (Å²) in [6, 6.07) is 4.71. The fourth-order valence-corrected chi connectivity index (χ4v) is 2.80. The minimum atomic E-state index is -4.60. The highest BCUT2D eigenvalue weighted by atomic mass is 19.4. The van der Waals surface area contributed by atoms with E-state index in [1.807, 2.05) is 0 Å². The van der Waals surface area contributed by atoms with Crippen LogP contribution in [-0.2, 0) is 11.0 Å². The predicted molar refractivity (Wildman–Crippen MR) is 82.1 cm³/mol. The van der Waals surface area contributed by atoms with E-state index in [1.54, 1.807) is 0 Å². The molecule has 1 atom stereocenters. The van der Waals surface area contributed by atoms with E-state index in [4.69, 9.17) is 5.73 Å². The Balaban J connectivity index is 2.14. The van der Waals surface area contributed by atoms with Gasteiger partial charge in [-0.05, 0) is 25.0 Å². The second-order valence-corrected chi connectivity index (χ2v) is 5.71. The first-order chi connectivity index (χ1) is 11.3. The molecule has 1 heterocycles. The van der Waals surface area contributed by atoms with E-state index in [1.165, 1.54) is 23.1 Å². The molecule has 1 aromatic carbocycles. The molecule has 5 nitrogen and oxygen atoms in total. The predicted octanol–water partition coefficient (Wildman–Crippen LogP) is 1.63. The fourth-order valence-electron chi connectivity index (χ4n) is 2.80. The van der Waals surface area contributed by atoms with Crippen LogP contribution >= 0.6 is 0 Å². The van der Waals surface area contributed by atoms with E-state index in [-0.39, 0.29) is 18.0 Å². The standard InChI is InChI=1S/C16H20F3N3O2/c17-16(18,19)13-6-2-1-5-12(13)15(24)22-9-3-4-11(10-22)14(23)21-8-7-20/h1-2,5-6,11H,3-4,7-10,20H2,(H,21,23). The third-order valence-electron chi connectivity index (χ3n) is 3.99. The Morgan fingerprint density at radius 3 is 2.67 bits per heavy atom. The van der Waals surface area contributed by atoms with Crippen LogP contribution in [0.3, 0.4) is 0 Å². The molecule has 1 saturated heterocycles. The molecule has 2 amide bonds. The molecule has 0 radical (unpaired) electrons. The van der Waals surface area contributed by atoms with Crippen LogP contribution in [0.1, 0.15) is 28.8 Å². The van der Waals surface area contributed by atoms with Crippen molar-refractivity contribution in [2.24, 2.45) is 11.7 Å². The molecule has 2 rings (SSSR count). The molecular weight excluding hydrogens is 323 g/mol. The number of alkyl halides is 3. The minimum Gasteiger partial charge on any atom is -0.355 e. The Morgan fingerprint density at radius 1 is 1.29 bits per heavy atom. The summed E-state index contributed by atoms with van der Waals surface area (Å²) in [5.41, 5.74) is 3.99. The first-order valence-corrected chi connectivity index (χ1v) is 7.78. The molecule has 1 aliphatic rings. The highest BCUT2D eigenvalue weighted by Gasteiger charge is 2.37. The van der Waals surface area contributed by atoms with Crippen molar-refractivity contribution in [3.63, 3.8) is 0 Å². The maximum atomic E-state index is 13.1. The van der Waals surface area contributed by atoms with Crippen molar-refractivity contribution in [3.05, 3.63) is 35.4 Å². The number of piperidine rings is 1. The first-order valence-electron chi connectivity index (χ1n) is 7.78. The van der Waals surface area contributed by atoms with Gasteiger partial charge in [0.05, 0.1) is 17.0 Å². The van der Waals surface area contributed by atoms with Crippen molar-refractivity contribution in [1.82, 2.24) is 10.2 Å². The topological polar surface area (TPSA) is 75.4 Å². The lowest BCUT2D eigenvalue weighted by Gasteiger charge is -2.32. The molecule has 0 aliphatic carbocycles. The van der Waals surface area contributed by atoms with E-state index in [9.17, 15) is 22.8 Å². The van der Waals surface area contributed by atoms with Gasteiger partial charge in [-0.25, -0.2) is 0 Å². The number of halogens is 3. The normalized spacial score (nSPS) is 18.3. The Kier molecular flexibility index (Phi) is 5.82. The second kappa shape index (κ2) is 7.65. The number of likely N-dealkylation sites (tertiary alicyclic amines) is 1. The van der Waals surface area contributed by atoms with Gasteiger partial charge in [-0.15, -0.1) is 0 Å². The summed E-state index contributed by atoms with van der Waals surface area (Å²) in [5.74, 6) is -1.34. The maximum absolute atomic E-state index is 13.1. The molecule has 132 valence electrons. The van der Waals surface area contributed by atoms with Crippen molar-refractivity contribution in [2.45, 2.75) is 19.0 Å². The molecule has 8 heteroatoms. The van der Waals surface area contributed by atoms with Gasteiger partial charge in [0.1, 0.15) is 0 Å². The number of carbonyl (C=O) groups excluding carboxylic acids is 2. The highest BCUT2D eigenvalue weighted by Crippen LogP contribution is 2.33. The summed E-state index contributed by atoms with van der Waals surface area (Å²) in [6.45, 7) is 1.09. The number of carbonyl (C=O) groups is 2. The number of benzene rings is 1. The summed E-state index contributed by atoms with van der Waals surface area (Å²) < 4.78 is 39.2. The lowest BCUT2D eigenvalue weighted by Crippen LogP contribution is -2.46. The van der Waals surface area contributed by atoms with E-state index < -0.39 is 23.6 Å². The average Bonchev–Trinajstić information content (AvgIpc) is 2.58. The van der Waals surface area contributed by atoms with Crippen LogP contribution in [0.2, 0.25) is 0 Å². The largest absolute Gasteiger partial charge is 0.417 e. The third-order valence-corrected chi connectivity index (χ3v) is 3.99. The number of amides is 2. The summed E-state index contributed by atoms with van der Waals surface area (Å²) in [4.78, 5) is 25.8. The van der Waals surface area contributed by atoms with E-state index in [0.29, 0.717) is 32.5 Å². The molecule has 1 fully saturated rings. The molecule has 1 aromatic rings. The average molecular weight is 343 g/mol. The number of nitrogens with one attached hydrogen (secondary N) is 1. The number of nitrogens with zero attached hydrogens (tertiary/aromatic N) is 1. The summed E-state index contributed by atoms with van der Waals surface area (Å²) in [5, 5.41) is 2.66. The zero-order valence-electron chi connectivity index (χ0n) is 13.1. The van der Waals surface area contributed by atoms with Gasteiger partial charge in [-0.1, -0.05) is 12.1 Å². The molecule has 0 spiro atoms. The van der Waals surface area contributed by atoms with Crippen LogP contribution in [0.4, 0.5) is 13.2 Å². The van der Waals surface area contributed by atoms with E-state index >= 15 is 0 Å². The zero-order chi connectivity index (χ0) is 17.7. The van der Waals surface area contributed by atoms with Crippen molar-refractivity contribution in [3.8, 4) is 0 Å². The quantitative estimate of drug-likeness (QED) is 0.873. The van der Waals surface area contributed by atoms with Gasteiger partial charge in [-0.3, -0.25) is 9.59 Å². The van der Waals surface area contributed by atoms with Gasteiger partial charge >= 0.3 is 6.18 Å². The number of hydrogen-bond donors (Lipinski definition) is 2. The summed E-state index contributed by atoms with van der Waals surface area (Å²) in [7, 11) is 0. The number of hydrogen-bond acceptors (Lipinski definition) is 3. The smallest absolute Gasteiger partial charge is 0.355 e. The molecular formula is C16H20F3N3O2. The third kappa shape index (κ3) is 4.25. The summed E-state index contributed by atoms with van der Waals surface area (Å²) >= 11 is 0. The van der Waals surface area contributed by atoms with Crippen molar-refractivity contribution >= 4 is 11.8 Å². The summed E-state index contributed by atoms with van der Waals surface area (Å²) in [6.07, 6.45) is -3.43. The van der Waals surface area contributed by atoms with Gasteiger partial charge < -0.3 is 16.0 Å². The molecule has 1 aliphatic heterocycles. The second-order valence-electron chi connectivity index (χ2n) is 5.71. The Hall–Kier alpha value is -2.09. The molecule has 0 bridgehead atoms. The molecule has 0 aromatic heterocycles. The number of nitrogens with two attached hydrogens (primary N) is 1. The van der Waals surface area contributed by atoms with Gasteiger partial charge in [0.2, 0.25) is 5.91 Å². The lowest BCUT2D eigenvalue weighted by atomic mass is 9.95. The maximum Gasteiger partial charge on any atom is 0.417 e. The van der Waals surface area contributed by atoms with Crippen molar-refractivity contribution in [1.29, 1.82) is 0 Å². The SMILES string of the molecule is NCCNC(=O)C1CCCN(C(=O)c2ccccc2C(F)(F)F)C1. The highest BCUT2D eigenvalue weighted by molar-refractivity contribution is 5.96. The lowest BCUT2D eigenvalue weighted by molar-refractivity contribution is -0.138. The van der Waals surface area contributed by atoms with Crippen LogP contribution in [0.25, 0.3) is 0 Å². The van der Waals surface area contributed by atoms with Gasteiger partial charge in [0.25, 0.3) is 5.91 Å². The van der Waals surface area contributed by atoms with Gasteiger partial charge in [0.15, 0.2) is 0 Å². The Bertz CT molecular complexity index is 604. The Morgan fingerprint density at radius 2 is 2.00 bits per heavy atom. The van der Waals surface area contributed by atoms with Crippen LogP contribution in [0.5, 0.6) is 0 Å². The van der Waals surface area contributed by atoms with Gasteiger partial charge in [-0.2, -0.15) is 13.2 Å². The zero-order valence-corrected chi connectivity index (χ0v) is 13.1. The molecule has 3 N–H and O–H groups in total. The van der Waals surface area contributed by atoms with Crippen LogP contribution in [0, 0.1) is 5.92 Å². The van der Waals surface area contributed by atoms with Gasteiger partial charge in [0, 0.05) is 26.2 Å². The van der Waals surface area contributed by atoms with E-state index in [2.05, 4.69) is 5.32 Å². The van der Waals surface area contributed by atoms with Crippen LogP contribution in [-0.4, -0.2) is 42.9 Å². The monoisotopic (exact) mass is 343 g/mol. The van der Waals surface area contributed by atoms with Crippen molar-refractivity contribution < 1.29 is 22.8 Å².